The number of aliphatic hydroxyl groups is 1. The van der Waals surface area contributed by atoms with E-state index in [9.17, 15) is 9.90 Å². The number of carbonyl (C=O) groups is 1. The van der Waals surface area contributed by atoms with E-state index >= 15 is 0 Å². The van der Waals surface area contributed by atoms with E-state index in [1.54, 1.807) is 0 Å². The number of fused-ring (bicyclic) bond motifs is 1. The lowest BCUT2D eigenvalue weighted by atomic mass is 10.0. The molecule has 0 saturated heterocycles. The van der Waals surface area contributed by atoms with Crippen LogP contribution in [0.3, 0.4) is 0 Å². The smallest absolute Gasteiger partial charge is 0.253 e. The lowest BCUT2D eigenvalue weighted by molar-refractivity contribution is -0.118. The summed E-state index contributed by atoms with van der Waals surface area (Å²) in [5, 5.41) is 12.3. The number of benzene rings is 1. The number of rotatable bonds is 5. The van der Waals surface area contributed by atoms with Crippen LogP contribution < -0.4 is 5.32 Å². The molecular weight excluding hydrogens is 330 g/mol. The van der Waals surface area contributed by atoms with Crippen molar-refractivity contribution in [1.82, 2.24) is 15.0 Å². The minimum atomic E-state index is -0.354. The summed E-state index contributed by atoms with van der Waals surface area (Å²) in [6.45, 7) is 0.0273. The van der Waals surface area contributed by atoms with Gasteiger partial charge >= 0.3 is 0 Å². The number of nitrogens with zero attached hydrogens (tertiary/aromatic N) is 4. The highest BCUT2D eigenvalue weighted by Gasteiger charge is 2.32. The van der Waals surface area contributed by atoms with Crippen LogP contribution in [0.1, 0.15) is 36.3 Å². The maximum Gasteiger partial charge on any atom is 0.253 e. The van der Waals surface area contributed by atoms with Gasteiger partial charge in [-0.3, -0.25) is 4.79 Å². The van der Waals surface area contributed by atoms with Gasteiger partial charge in [-0.05, 0) is 36.3 Å². The number of Topliss-reactive ketones (excluding diaryl/α,β-unsaturated/α-hetero) is 1. The third-order valence-corrected chi connectivity index (χ3v) is 5.12. The number of aliphatic hydroxyl groups excluding tert-OH is 1. The highest BCUT2D eigenvalue weighted by molar-refractivity contribution is 5.88. The number of anilines is 1. The van der Waals surface area contributed by atoms with E-state index in [2.05, 4.69) is 43.5 Å². The van der Waals surface area contributed by atoms with E-state index < -0.39 is 0 Å². The maximum absolute atomic E-state index is 12.0. The second kappa shape index (κ2) is 7.29. The maximum atomic E-state index is 12.0. The molecule has 134 valence electrons. The van der Waals surface area contributed by atoms with E-state index in [-0.39, 0.29) is 30.3 Å². The van der Waals surface area contributed by atoms with Crippen molar-refractivity contribution in [2.45, 2.75) is 37.6 Å². The van der Waals surface area contributed by atoms with E-state index in [1.165, 1.54) is 17.5 Å². The Morgan fingerprint density at radius 1 is 1.31 bits per heavy atom. The predicted octanol–water partition coefficient (Wildman–Crippen LogP) is 2.06. The Bertz CT molecular complexity index is 838. The van der Waals surface area contributed by atoms with Crippen molar-refractivity contribution >= 4 is 23.9 Å². The molecule has 0 spiro atoms. The van der Waals surface area contributed by atoms with Crippen molar-refractivity contribution in [2.75, 3.05) is 11.9 Å². The number of nitrogens with one attached hydrogen (secondary N) is 1. The minimum Gasteiger partial charge on any atom is -0.396 e. The van der Waals surface area contributed by atoms with Crippen LogP contribution in [-0.4, -0.2) is 44.7 Å². The largest absolute Gasteiger partial charge is 0.396 e. The molecule has 1 aromatic heterocycles. The van der Waals surface area contributed by atoms with Gasteiger partial charge in [0.25, 0.3) is 5.95 Å². The van der Waals surface area contributed by atoms with Gasteiger partial charge in [-0.15, -0.1) is 0 Å². The van der Waals surface area contributed by atoms with Gasteiger partial charge in [0.2, 0.25) is 5.95 Å². The first-order valence-electron chi connectivity index (χ1n) is 8.94. The second-order valence-electron chi connectivity index (χ2n) is 6.88. The zero-order valence-corrected chi connectivity index (χ0v) is 14.4. The van der Waals surface area contributed by atoms with Crippen LogP contribution in [0.15, 0.2) is 35.6 Å². The van der Waals surface area contributed by atoms with E-state index in [0.717, 1.165) is 12.8 Å². The molecule has 1 fully saturated rings. The average molecular weight is 351 g/mol. The summed E-state index contributed by atoms with van der Waals surface area (Å²) in [4.78, 5) is 28.9. The molecule has 2 aliphatic rings. The number of hydrogen-bond acceptors (Lipinski definition) is 7. The Balaban J connectivity index is 1.44. The van der Waals surface area contributed by atoms with Gasteiger partial charge in [0, 0.05) is 25.2 Å². The molecule has 1 saturated carbocycles. The Morgan fingerprint density at radius 3 is 3.04 bits per heavy atom. The number of hydrogen-bond donors (Lipinski definition) is 2. The Hall–Kier alpha value is -2.67. The third kappa shape index (κ3) is 3.48. The molecule has 2 N–H and O–H groups in total. The fraction of sp³-hybridized carbons (Fsp3) is 0.421. The molecule has 3 atom stereocenters. The SMILES string of the molecule is O=C1C[C@@H](CO)CC1Nc1ncnc(N=CC2CCc3ccccc32)n1. The highest BCUT2D eigenvalue weighted by atomic mass is 16.3. The van der Waals surface area contributed by atoms with Gasteiger partial charge in [-0.25, -0.2) is 9.98 Å². The van der Waals surface area contributed by atoms with Gasteiger partial charge in [0.1, 0.15) is 6.33 Å². The van der Waals surface area contributed by atoms with Crippen molar-refractivity contribution in [3.63, 3.8) is 0 Å². The van der Waals surface area contributed by atoms with Gasteiger partial charge in [-0.2, -0.15) is 9.97 Å². The Morgan fingerprint density at radius 2 is 2.19 bits per heavy atom. The fourth-order valence-electron chi connectivity index (χ4n) is 3.73. The Labute approximate surface area is 151 Å². The summed E-state index contributed by atoms with van der Waals surface area (Å²) < 4.78 is 0. The molecule has 2 aliphatic carbocycles. The van der Waals surface area contributed by atoms with Crippen molar-refractivity contribution in [3.05, 3.63) is 41.7 Å². The molecule has 0 radical (unpaired) electrons. The molecule has 2 aromatic rings. The molecule has 26 heavy (non-hydrogen) atoms. The zero-order chi connectivity index (χ0) is 17.9. The van der Waals surface area contributed by atoms with Gasteiger partial charge < -0.3 is 10.4 Å². The topological polar surface area (TPSA) is 100 Å². The first-order chi connectivity index (χ1) is 12.7. The van der Waals surface area contributed by atoms with Gasteiger partial charge in [0.05, 0.1) is 6.04 Å². The van der Waals surface area contributed by atoms with Crippen LogP contribution in [0.5, 0.6) is 0 Å². The Kier molecular flexibility index (Phi) is 4.71. The summed E-state index contributed by atoms with van der Waals surface area (Å²) in [6, 6.07) is 8.06. The normalized spacial score (nSPS) is 25.0. The summed E-state index contributed by atoms with van der Waals surface area (Å²) in [5.74, 6) is 1.05. The number of ketones is 1. The highest BCUT2D eigenvalue weighted by Crippen LogP contribution is 2.31. The van der Waals surface area contributed by atoms with Crippen molar-refractivity contribution in [3.8, 4) is 0 Å². The van der Waals surface area contributed by atoms with Crippen LogP contribution in [0.4, 0.5) is 11.9 Å². The van der Waals surface area contributed by atoms with E-state index in [4.69, 9.17) is 0 Å². The summed E-state index contributed by atoms with van der Waals surface area (Å²) in [5.41, 5.74) is 2.69. The number of aryl methyl sites for hydroxylation is 1. The number of carbonyl (C=O) groups excluding carboxylic acids is 1. The molecule has 7 heteroatoms. The fourth-order valence-corrected chi connectivity index (χ4v) is 3.73. The summed E-state index contributed by atoms with van der Waals surface area (Å²) >= 11 is 0. The minimum absolute atomic E-state index is 0.0155. The van der Waals surface area contributed by atoms with Crippen LogP contribution in [-0.2, 0) is 11.2 Å². The molecule has 4 rings (SSSR count). The molecule has 2 unspecified atom stereocenters. The standard InChI is InChI=1S/C19H21N5O2/c25-10-12-7-16(17(26)8-12)23-19-22-11-21-18(24-19)20-9-14-6-5-13-3-1-2-4-15(13)14/h1-4,9,11-12,14,16,25H,5-8,10H2,(H,21,22,23,24)/t12-,14?,16?/m0/s1. The number of aromatic nitrogens is 3. The zero-order valence-electron chi connectivity index (χ0n) is 14.4. The second-order valence-corrected chi connectivity index (χ2v) is 6.88. The van der Waals surface area contributed by atoms with Gasteiger partial charge in [-0.1, -0.05) is 24.3 Å². The third-order valence-electron chi connectivity index (χ3n) is 5.12. The average Bonchev–Trinajstić information content (AvgIpc) is 3.24. The molecule has 0 aliphatic heterocycles. The molecule has 1 heterocycles. The van der Waals surface area contributed by atoms with Crippen molar-refractivity contribution in [2.24, 2.45) is 10.9 Å². The molecule has 0 amide bonds. The van der Waals surface area contributed by atoms with E-state index in [1.807, 2.05) is 12.3 Å². The molecule has 7 nitrogen and oxygen atoms in total. The van der Waals surface area contributed by atoms with Crippen LogP contribution in [0, 0.1) is 5.92 Å². The van der Waals surface area contributed by atoms with Crippen LogP contribution in [0.2, 0.25) is 0 Å². The molecular formula is C19H21N5O2. The predicted molar refractivity (Wildman–Crippen MR) is 97.7 cm³/mol. The van der Waals surface area contributed by atoms with Crippen LogP contribution in [0.25, 0.3) is 0 Å². The lowest BCUT2D eigenvalue weighted by Crippen LogP contribution is -2.25. The summed E-state index contributed by atoms with van der Waals surface area (Å²) in [6.07, 6.45) is 6.38. The van der Waals surface area contributed by atoms with Crippen molar-refractivity contribution in [1.29, 1.82) is 0 Å². The lowest BCUT2D eigenvalue weighted by Gasteiger charge is -2.11. The summed E-state index contributed by atoms with van der Waals surface area (Å²) in [7, 11) is 0. The number of aliphatic imine (C=N–C) groups is 1. The van der Waals surface area contributed by atoms with Crippen molar-refractivity contribution < 1.29 is 9.90 Å². The monoisotopic (exact) mass is 351 g/mol. The first kappa shape index (κ1) is 16.8. The molecule has 0 bridgehead atoms. The molecule has 1 aromatic carbocycles. The first-order valence-corrected chi connectivity index (χ1v) is 8.94. The van der Waals surface area contributed by atoms with E-state index in [0.29, 0.717) is 24.7 Å². The van der Waals surface area contributed by atoms with Gasteiger partial charge in [0.15, 0.2) is 5.78 Å². The quantitative estimate of drug-likeness (QED) is 0.800. The van der Waals surface area contributed by atoms with Crippen LogP contribution >= 0.6 is 0 Å².